The molecule has 3 heteroatoms. The number of nitrogens with two attached hydrogens (primary N) is 1. The molecule has 3 nitrogen and oxygen atoms in total. The quantitative estimate of drug-likeness (QED) is 0.892. The van der Waals surface area contributed by atoms with E-state index in [9.17, 15) is 4.79 Å². The Kier molecular flexibility index (Phi) is 4.18. The molecule has 2 N–H and O–H groups in total. The van der Waals surface area contributed by atoms with Crippen LogP contribution in [-0.4, -0.2) is 5.91 Å². The number of primary amides is 1. The lowest BCUT2D eigenvalue weighted by molar-refractivity contribution is -0.114. The minimum Gasteiger partial charge on any atom is -0.485 e. The Morgan fingerprint density at radius 3 is 2.38 bits per heavy atom. The SMILES string of the molecule is CC(C)(C)c1ccc(C2CC(C(N)=O)=Cc3ccccc3O2)cc1. The number of fused-ring (bicyclic) bond motifs is 1. The van der Waals surface area contributed by atoms with Crippen molar-refractivity contribution in [1.29, 1.82) is 0 Å². The molecule has 124 valence electrons. The molecule has 1 amide bonds. The van der Waals surface area contributed by atoms with E-state index in [1.165, 1.54) is 5.56 Å². The Morgan fingerprint density at radius 2 is 1.75 bits per heavy atom. The van der Waals surface area contributed by atoms with Crippen LogP contribution in [-0.2, 0) is 10.2 Å². The van der Waals surface area contributed by atoms with Crippen LogP contribution in [0, 0.1) is 0 Å². The van der Waals surface area contributed by atoms with Gasteiger partial charge in [0.25, 0.3) is 0 Å². The predicted octanol–water partition coefficient (Wildman–Crippen LogP) is 4.38. The van der Waals surface area contributed by atoms with Crippen molar-refractivity contribution in [2.45, 2.75) is 38.7 Å². The molecule has 0 saturated carbocycles. The van der Waals surface area contributed by atoms with E-state index in [4.69, 9.17) is 10.5 Å². The third kappa shape index (κ3) is 3.35. The molecule has 0 bridgehead atoms. The first kappa shape index (κ1) is 16.3. The summed E-state index contributed by atoms with van der Waals surface area (Å²) in [7, 11) is 0. The van der Waals surface area contributed by atoms with Crippen LogP contribution in [0.5, 0.6) is 5.75 Å². The largest absolute Gasteiger partial charge is 0.485 e. The Bertz CT molecular complexity index is 782. The second-order valence-electron chi connectivity index (χ2n) is 7.25. The highest BCUT2D eigenvalue weighted by molar-refractivity contribution is 5.97. The molecule has 3 rings (SSSR count). The van der Waals surface area contributed by atoms with Crippen molar-refractivity contribution in [2.75, 3.05) is 0 Å². The van der Waals surface area contributed by atoms with Crippen LogP contribution in [0.15, 0.2) is 54.1 Å². The van der Waals surface area contributed by atoms with Crippen molar-refractivity contribution in [3.05, 3.63) is 70.8 Å². The summed E-state index contributed by atoms with van der Waals surface area (Å²) in [5.74, 6) is 0.380. The van der Waals surface area contributed by atoms with Gasteiger partial charge < -0.3 is 10.5 Å². The molecular formula is C21H23NO2. The van der Waals surface area contributed by atoms with E-state index in [1.54, 1.807) is 0 Å². The van der Waals surface area contributed by atoms with Crippen LogP contribution in [0.1, 0.15) is 50.0 Å². The fraction of sp³-hybridized carbons (Fsp3) is 0.286. The number of rotatable bonds is 2. The van der Waals surface area contributed by atoms with Crippen LogP contribution in [0.25, 0.3) is 6.08 Å². The maximum absolute atomic E-state index is 11.8. The van der Waals surface area contributed by atoms with Gasteiger partial charge in [-0.15, -0.1) is 0 Å². The van der Waals surface area contributed by atoms with Crippen LogP contribution >= 0.6 is 0 Å². The van der Waals surface area contributed by atoms with Gasteiger partial charge in [0, 0.05) is 17.6 Å². The van der Waals surface area contributed by atoms with Gasteiger partial charge in [0.2, 0.25) is 5.91 Å². The summed E-state index contributed by atoms with van der Waals surface area (Å²) in [4.78, 5) is 11.8. The van der Waals surface area contributed by atoms with Crippen molar-refractivity contribution in [3.63, 3.8) is 0 Å². The monoisotopic (exact) mass is 321 g/mol. The molecule has 0 fully saturated rings. The topological polar surface area (TPSA) is 52.3 Å². The first-order chi connectivity index (χ1) is 11.3. The molecule has 0 spiro atoms. The van der Waals surface area contributed by atoms with Crippen LogP contribution in [0.4, 0.5) is 0 Å². The Labute approximate surface area is 143 Å². The van der Waals surface area contributed by atoms with Gasteiger partial charge in [-0.1, -0.05) is 63.2 Å². The Morgan fingerprint density at radius 1 is 1.08 bits per heavy atom. The number of carbonyl (C=O) groups excluding carboxylic acids is 1. The number of hydrogen-bond acceptors (Lipinski definition) is 2. The summed E-state index contributed by atoms with van der Waals surface area (Å²) in [6, 6.07) is 16.1. The Hall–Kier alpha value is -2.55. The molecular weight excluding hydrogens is 298 g/mol. The van der Waals surface area contributed by atoms with Crippen molar-refractivity contribution < 1.29 is 9.53 Å². The standard InChI is InChI=1S/C21H23NO2/c1-21(2,3)17-10-8-14(9-11-17)19-13-16(20(22)23)12-15-6-4-5-7-18(15)24-19/h4-12,19H,13H2,1-3H3,(H2,22,23). The van der Waals surface area contributed by atoms with E-state index in [1.807, 2.05) is 30.3 Å². The molecule has 0 aromatic heterocycles. The van der Waals surface area contributed by atoms with E-state index in [0.29, 0.717) is 12.0 Å². The van der Waals surface area contributed by atoms with Gasteiger partial charge in [-0.25, -0.2) is 0 Å². The van der Waals surface area contributed by atoms with E-state index in [-0.39, 0.29) is 11.5 Å². The van der Waals surface area contributed by atoms with Gasteiger partial charge in [-0.2, -0.15) is 0 Å². The second-order valence-corrected chi connectivity index (χ2v) is 7.25. The number of para-hydroxylation sites is 1. The highest BCUT2D eigenvalue weighted by atomic mass is 16.5. The summed E-state index contributed by atoms with van der Waals surface area (Å²) in [6.45, 7) is 6.57. The smallest absolute Gasteiger partial charge is 0.244 e. The van der Waals surface area contributed by atoms with Crippen molar-refractivity contribution in [3.8, 4) is 5.75 Å². The molecule has 24 heavy (non-hydrogen) atoms. The van der Waals surface area contributed by atoms with E-state index in [2.05, 4.69) is 45.0 Å². The van der Waals surface area contributed by atoms with Gasteiger partial charge in [0.05, 0.1) is 0 Å². The van der Waals surface area contributed by atoms with Crippen LogP contribution < -0.4 is 10.5 Å². The molecule has 0 aliphatic carbocycles. The second kappa shape index (κ2) is 6.16. The first-order valence-electron chi connectivity index (χ1n) is 8.21. The average molecular weight is 321 g/mol. The van der Waals surface area contributed by atoms with Gasteiger partial charge in [-0.3, -0.25) is 4.79 Å². The molecule has 1 aliphatic heterocycles. The molecule has 0 radical (unpaired) electrons. The molecule has 1 aliphatic rings. The predicted molar refractivity (Wildman–Crippen MR) is 96.7 cm³/mol. The zero-order chi connectivity index (χ0) is 17.3. The number of hydrogen-bond donors (Lipinski definition) is 1. The van der Waals surface area contributed by atoms with Crippen LogP contribution in [0.3, 0.4) is 0 Å². The average Bonchev–Trinajstić information content (AvgIpc) is 2.74. The van der Waals surface area contributed by atoms with E-state index < -0.39 is 5.91 Å². The van der Waals surface area contributed by atoms with Crippen molar-refractivity contribution in [2.24, 2.45) is 5.73 Å². The van der Waals surface area contributed by atoms with E-state index in [0.717, 1.165) is 16.9 Å². The lowest BCUT2D eigenvalue weighted by Crippen LogP contribution is -2.17. The Balaban J connectivity index is 1.97. The number of amides is 1. The summed E-state index contributed by atoms with van der Waals surface area (Å²) < 4.78 is 6.19. The summed E-state index contributed by atoms with van der Waals surface area (Å²) in [5.41, 5.74) is 9.45. The van der Waals surface area contributed by atoms with Gasteiger partial charge in [0.15, 0.2) is 0 Å². The summed E-state index contributed by atoms with van der Waals surface area (Å²) in [5, 5.41) is 0. The lowest BCUT2D eigenvalue weighted by atomic mass is 9.86. The number of ether oxygens (including phenoxy) is 1. The van der Waals surface area contributed by atoms with Gasteiger partial charge in [0.1, 0.15) is 11.9 Å². The highest BCUT2D eigenvalue weighted by Crippen LogP contribution is 2.35. The van der Waals surface area contributed by atoms with Crippen molar-refractivity contribution in [1.82, 2.24) is 0 Å². The maximum Gasteiger partial charge on any atom is 0.244 e. The first-order valence-corrected chi connectivity index (χ1v) is 8.21. The summed E-state index contributed by atoms with van der Waals surface area (Å²) >= 11 is 0. The molecule has 2 aromatic rings. The third-order valence-corrected chi connectivity index (χ3v) is 4.39. The minimum atomic E-state index is -0.397. The van der Waals surface area contributed by atoms with Crippen molar-refractivity contribution >= 4 is 12.0 Å². The molecule has 1 atom stereocenters. The van der Waals surface area contributed by atoms with Gasteiger partial charge in [-0.05, 0) is 28.7 Å². The molecule has 1 unspecified atom stereocenters. The normalized spacial score (nSPS) is 17.3. The molecule has 0 saturated heterocycles. The zero-order valence-electron chi connectivity index (χ0n) is 14.4. The van der Waals surface area contributed by atoms with E-state index >= 15 is 0 Å². The fourth-order valence-corrected chi connectivity index (χ4v) is 2.90. The zero-order valence-corrected chi connectivity index (χ0v) is 14.4. The summed E-state index contributed by atoms with van der Waals surface area (Å²) in [6.07, 6.45) is 2.08. The van der Waals surface area contributed by atoms with Gasteiger partial charge >= 0.3 is 0 Å². The lowest BCUT2D eigenvalue weighted by Gasteiger charge is -2.22. The minimum absolute atomic E-state index is 0.105. The highest BCUT2D eigenvalue weighted by Gasteiger charge is 2.23. The number of benzene rings is 2. The third-order valence-electron chi connectivity index (χ3n) is 4.39. The molecule has 1 heterocycles. The number of carbonyl (C=O) groups is 1. The molecule has 2 aromatic carbocycles. The van der Waals surface area contributed by atoms with Crippen LogP contribution in [0.2, 0.25) is 0 Å². The maximum atomic E-state index is 11.8. The fourth-order valence-electron chi connectivity index (χ4n) is 2.90.